The van der Waals surface area contributed by atoms with Crippen LogP contribution in [0.1, 0.15) is 5.56 Å². The first-order valence-corrected chi connectivity index (χ1v) is 6.46. The molecule has 0 aliphatic heterocycles. The number of rotatable bonds is 5. The summed E-state index contributed by atoms with van der Waals surface area (Å²) in [4.78, 5) is 9.37. The van der Waals surface area contributed by atoms with E-state index in [1.54, 1.807) is 4.72 Å². The second kappa shape index (κ2) is 5.45. The molecule has 0 radical (unpaired) electrons. The maximum atomic E-state index is 12.0. The molecule has 0 amide bonds. The van der Waals surface area contributed by atoms with E-state index in [-0.39, 0.29) is 11.3 Å². The Morgan fingerprint density at radius 2 is 2.05 bits per heavy atom. The number of nitrogens with two attached hydrogens (primary N) is 1. The molecule has 1 aromatic rings. The van der Waals surface area contributed by atoms with E-state index in [0.29, 0.717) is 0 Å². The molecule has 0 aliphatic carbocycles. The van der Waals surface area contributed by atoms with Crippen LogP contribution in [-0.4, -0.2) is 26.3 Å². The Bertz CT molecular complexity index is 604. The number of anilines is 1. The summed E-state index contributed by atoms with van der Waals surface area (Å²) >= 11 is 0. The maximum Gasteiger partial charge on any atom is 0.293 e. The molecule has 1 rings (SSSR count). The third kappa shape index (κ3) is 3.58. The van der Waals surface area contributed by atoms with Crippen LogP contribution in [0.5, 0.6) is 0 Å². The van der Waals surface area contributed by atoms with Crippen LogP contribution in [0.3, 0.4) is 0 Å². The van der Waals surface area contributed by atoms with Crippen LogP contribution in [0.25, 0.3) is 0 Å². The molecule has 0 saturated carbocycles. The van der Waals surface area contributed by atoms with Crippen molar-refractivity contribution in [3.8, 4) is 0 Å². The SMILES string of the molecule is Cc1cc(N)c([N+](=O)[O-])cc1S(=O)(=O)NCC(F)F. The van der Waals surface area contributed by atoms with Crippen molar-refractivity contribution in [1.29, 1.82) is 0 Å². The number of nitrogens with zero attached hydrogens (tertiary/aromatic N) is 1. The normalized spacial score (nSPS) is 11.8. The fourth-order valence-corrected chi connectivity index (χ4v) is 2.65. The van der Waals surface area contributed by atoms with E-state index in [1.165, 1.54) is 6.92 Å². The molecule has 10 heteroatoms. The minimum Gasteiger partial charge on any atom is -0.393 e. The van der Waals surface area contributed by atoms with Gasteiger partial charge in [0.05, 0.1) is 16.4 Å². The third-order valence-corrected chi connectivity index (χ3v) is 3.80. The first-order valence-electron chi connectivity index (χ1n) is 4.97. The van der Waals surface area contributed by atoms with Gasteiger partial charge in [-0.3, -0.25) is 10.1 Å². The summed E-state index contributed by atoms with van der Waals surface area (Å²) in [5, 5.41) is 10.7. The van der Waals surface area contributed by atoms with E-state index in [0.717, 1.165) is 12.1 Å². The van der Waals surface area contributed by atoms with Crippen molar-refractivity contribution in [2.24, 2.45) is 0 Å². The molecule has 0 aliphatic rings. The van der Waals surface area contributed by atoms with Crippen molar-refractivity contribution in [3.63, 3.8) is 0 Å². The van der Waals surface area contributed by atoms with Crippen LogP contribution >= 0.6 is 0 Å². The lowest BCUT2D eigenvalue weighted by Crippen LogP contribution is -2.29. The van der Waals surface area contributed by atoms with Gasteiger partial charge in [-0.1, -0.05) is 0 Å². The highest BCUT2D eigenvalue weighted by Gasteiger charge is 2.23. The molecular formula is C9H11F2N3O4S. The fourth-order valence-electron chi connectivity index (χ4n) is 1.40. The molecule has 0 bridgehead atoms. The van der Waals surface area contributed by atoms with Crippen molar-refractivity contribution in [3.05, 3.63) is 27.8 Å². The Kier molecular flexibility index (Phi) is 4.37. The number of nitro benzene ring substituents is 1. The molecule has 0 aromatic heterocycles. The highest BCUT2D eigenvalue weighted by Crippen LogP contribution is 2.28. The van der Waals surface area contributed by atoms with Gasteiger partial charge in [-0.2, -0.15) is 0 Å². The van der Waals surface area contributed by atoms with Crippen molar-refractivity contribution >= 4 is 21.4 Å². The largest absolute Gasteiger partial charge is 0.393 e. The van der Waals surface area contributed by atoms with Gasteiger partial charge in [-0.25, -0.2) is 21.9 Å². The van der Waals surface area contributed by atoms with Crippen LogP contribution in [-0.2, 0) is 10.0 Å². The Hall–Kier alpha value is -1.81. The fraction of sp³-hybridized carbons (Fsp3) is 0.333. The summed E-state index contributed by atoms with van der Waals surface area (Å²) in [6.07, 6.45) is -2.86. The number of aryl methyl sites for hydroxylation is 1. The quantitative estimate of drug-likeness (QED) is 0.478. The lowest BCUT2D eigenvalue weighted by molar-refractivity contribution is -0.384. The number of nitrogens with one attached hydrogen (secondary N) is 1. The van der Waals surface area contributed by atoms with Gasteiger partial charge in [0, 0.05) is 6.07 Å². The minimum absolute atomic E-state index is 0.130. The van der Waals surface area contributed by atoms with E-state index in [2.05, 4.69) is 0 Å². The molecule has 7 nitrogen and oxygen atoms in total. The highest BCUT2D eigenvalue weighted by molar-refractivity contribution is 7.89. The Balaban J connectivity index is 3.27. The zero-order valence-electron chi connectivity index (χ0n) is 9.76. The molecule has 106 valence electrons. The average molecular weight is 295 g/mol. The Labute approximate surface area is 107 Å². The van der Waals surface area contributed by atoms with Gasteiger partial charge in [0.2, 0.25) is 10.0 Å². The number of alkyl halides is 2. The smallest absolute Gasteiger partial charge is 0.293 e. The second-order valence-electron chi connectivity index (χ2n) is 3.68. The van der Waals surface area contributed by atoms with Crippen LogP contribution in [0.4, 0.5) is 20.2 Å². The molecule has 19 heavy (non-hydrogen) atoms. The Morgan fingerprint density at radius 3 is 2.53 bits per heavy atom. The van der Waals surface area contributed by atoms with Gasteiger partial charge in [-0.05, 0) is 18.6 Å². The molecule has 0 saturated heterocycles. The summed E-state index contributed by atoms with van der Waals surface area (Å²) < 4.78 is 49.1. The maximum absolute atomic E-state index is 12.0. The zero-order valence-corrected chi connectivity index (χ0v) is 10.6. The second-order valence-corrected chi connectivity index (χ2v) is 5.41. The van der Waals surface area contributed by atoms with E-state index in [4.69, 9.17) is 5.73 Å². The summed E-state index contributed by atoms with van der Waals surface area (Å²) in [6.45, 7) is 0.289. The number of halogens is 2. The monoisotopic (exact) mass is 295 g/mol. The van der Waals surface area contributed by atoms with Crippen molar-refractivity contribution in [2.75, 3.05) is 12.3 Å². The summed E-state index contributed by atoms with van der Waals surface area (Å²) in [5.41, 5.74) is 4.72. The summed E-state index contributed by atoms with van der Waals surface area (Å²) in [5.74, 6) is 0. The molecule has 0 fully saturated rings. The highest BCUT2D eigenvalue weighted by atomic mass is 32.2. The predicted molar refractivity (Wildman–Crippen MR) is 63.4 cm³/mol. The molecule has 1 aromatic carbocycles. The predicted octanol–water partition coefficient (Wildman–Crippen LogP) is 1.03. The Morgan fingerprint density at radius 1 is 1.47 bits per heavy atom. The van der Waals surface area contributed by atoms with E-state index >= 15 is 0 Å². The molecule has 0 unspecified atom stereocenters. The minimum atomic E-state index is -4.25. The van der Waals surface area contributed by atoms with Crippen LogP contribution in [0, 0.1) is 17.0 Å². The number of hydrogen-bond acceptors (Lipinski definition) is 5. The topological polar surface area (TPSA) is 115 Å². The van der Waals surface area contributed by atoms with Gasteiger partial charge < -0.3 is 5.73 Å². The first kappa shape index (κ1) is 15.2. The molecule has 0 spiro atoms. The van der Waals surface area contributed by atoms with Crippen molar-refractivity contribution in [2.45, 2.75) is 18.2 Å². The number of nitrogen functional groups attached to an aromatic ring is 1. The average Bonchev–Trinajstić information content (AvgIpc) is 2.25. The van der Waals surface area contributed by atoms with Crippen molar-refractivity contribution < 1.29 is 22.1 Å². The molecule has 0 heterocycles. The van der Waals surface area contributed by atoms with E-state index in [1.807, 2.05) is 0 Å². The van der Waals surface area contributed by atoms with Gasteiger partial charge in [0.25, 0.3) is 12.1 Å². The summed E-state index contributed by atoms with van der Waals surface area (Å²) in [7, 11) is -4.25. The van der Waals surface area contributed by atoms with Crippen molar-refractivity contribution in [1.82, 2.24) is 4.72 Å². The number of nitro groups is 1. The standard InChI is InChI=1S/C9H11F2N3O4S/c1-5-2-6(12)7(14(15)16)3-8(5)19(17,18)13-4-9(10)11/h2-3,9,13H,4,12H2,1H3. The van der Waals surface area contributed by atoms with Gasteiger partial charge in [0.1, 0.15) is 5.69 Å². The van der Waals surface area contributed by atoms with E-state index < -0.39 is 38.5 Å². The molecular weight excluding hydrogens is 284 g/mol. The van der Waals surface area contributed by atoms with Crippen LogP contribution in [0.15, 0.2) is 17.0 Å². The van der Waals surface area contributed by atoms with Gasteiger partial charge in [0.15, 0.2) is 0 Å². The number of hydrogen-bond donors (Lipinski definition) is 2. The number of benzene rings is 1. The molecule has 0 atom stereocenters. The van der Waals surface area contributed by atoms with E-state index in [9.17, 15) is 27.3 Å². The lowest BCUT2D eigenvalue weighted by Gasteiger charge is -2.09. The molecule has 3 N–H and O–H groups in total. The lowest BCUT2D eigenvalue weighted by atomic mass is 10.2. The van der Waals surface area contributed by atoms with Gasteiger partial charge in [-0.15, -0.1) is 0 Å². The van der Waals surface area contributed by atoms with Crippen LogP contribution < -0.4 is 10.5 Å². The van der Waals surface area contributed by atoms with Crippen LogP contribution in [0.2, 0.25) is 0 Å². The van der Waals surface area contributed by atoms with Gasteiger partial charge >= 0.3 is 0 Å². The number of sulfonamides is 1. The third-order valence-electron chi connectivity index (χ3n) is 2.24. The zero-order chi connectivity index (χ0) is 14.8. The summed E-state index contributed by atoms with van der Waals surface area (Å²) in [6, 6.07) is 1.85. The first-order chi connectivity index (χ1) is 8.65.